The number of fused-ring (bicyclic) bond motifs is 3. The monoisotopic (exact) mass is 541 g/mol. The first-order valence-electron chi connectivity index (χ1n) is 13.2. The maximum atomic E-state index is 13.8. The number of aromatic hydroxyl groups is 1. The number of rotatable bonds is 7. The second-order valence-electron chi connectivity index (χ2n) is 10.9. The summed E-state index contributed by atoms with van der Waals surface area (Å²) in [6.45, 7) is 4.76. The summed E-state index contributed by atoms with van der Waals surface area (Å²) in [6, 6.07) is 3.30. The molecule has 210 valence electrons. The molecule has 0 saturated heterocycles. The third-order valence-electron chi connectivity index (χ3n) is 8.33. The van der Waals surface area contributed by atoms with Crippen LogP contribution < -0.4 is 0 Å². The lowest BCUT2D eigenvalue weighted by Gasteiger charge is -2.54. The molecule has 0 aliphatic heterocycles. The van der Waals surface area contributed by atoms with Gasteiger partial charge in [0.2, 0.25) is 5.78 Å². The molecular formula is C29H35NO9. The third kappa shape index (κ3) is 4.17. The number of phenols is 1. The van der Waals surface area contributed by atoms with E-state index in [9.17, 15) is 39.6 Å². The maximum absolute atomic E-state index is 13.8. The van der Waals surface area contributed by atoms with Gasteiger partial charge in [0.15, 0.2) is 17.2 Å². The van der Waals surface area contributed by atoms with Gasteiger partial charge in [0.05, 0.1) is 17.5 Å². The molecule has 0 unspecified atom stereocenters. The number of hydrogen-bond acceptors (Lipinski definition) is 10. The minimum Gasteiger partial charge on any atom is -0.510 e. The predicted octanol–water partition coefficient (Wildman–Crippen LogP) is 2.89. The van der Waals surface area contributed by atoms with E-state index in [1.165, 1.54) is 11.0 Å². The molecule has 4 N–H and O–H groups in total. The van der Waals surface area contributed by atoms with Gasteiger partial charge in [-0.25, -0.2) is 0 Å². The number of ketones is 3. The molecule has 1 aromatic carbocycles. The van der Waals surface area contributed by atoms with Gasteiger partial charge in [0.25, 0.3) is 0 Å². The Morgan fingerprint density at radius 1 is 1.10 bits per heavy atom. The number of ether oxygens (including phenoxy) is 1. The van der Waals surface area contributed by atoms with Crippen molar-refractivity contribution in [3.8, 4) is 5.75 Å². The van der Waals surface area contributed by atoms with Crippen LogP contribution in [0.5, 0.6) is 5.75 Å². The number of benzene rings is 1. The minimum atomic E-state index is -2.86. The number of esters is 1. The first kappa shape index (κ1) is 28.5. The number of aliphatic hydroxyl groups excluding tert-OH is 2. The van der Waals surface area contributed by atoms with Crippen LogP contribution in [0.25, 0.3) is 0 Å². The van der Waals surface area contributed by atoms with Gasteiger partial charge in [-0.1, -0.05) is 38.8 Å². The molecule has 0 amide bonds. The second kappa shape index (κ2) is 10.2. The zero-order valence-corrected chi connectivity index (χ0v) is 22.7. The van der Waals surface area contributed by atoms with E-state index in [1.54, 1.807) is 33.2 Å². The molecular weight excluding hydrogens is 506 g/mol. The summed E-state index contributed by atoms with van der Waals surface area (Å²) < 4.78 is 5.97. The summed E-state index contributed by atoms with van der Waals surface area (Å²) in [5, 5.41) is 45.3. The lowest BCUT2D eigenvalue weighted by atomic mass is 9.55. The van der Waals surface area contributed by atoms with E-state index >= 15 is 0 Å². The Labute approximate surface area is 226 Å². The lowest BCUT2D eigenvalue weighted by molar-refractivity contribution is -0.181. The Morgan fingerprint density at radius 2 is 1.77 bits per heavy atom. The van der Waals surface area contributed by atoms with Crippen molar-refractivity contribution in [3.63, 3.8) is 0 Å². The number of likely N-dealkylation sites (N-methyl/N-ethyl adjacent to an activating group) is 1. The van der Waals surface area contributed by atoms with Gasteiger partial charge in [-0.05, 0) is 45.0 Å². The number of carbonyl (C=O) groups is 4. The van der Waals surface area contributed by atoms with Crippen molar-refractivity contribution in [2.24, 2.45) is 11.8 Å². The molecule has 0 heterocycles. The zero-order valence-electron chi connectivity index (χ0n) is 22.7. The van der Waals surface area contributed by atoms with Crippen LogP contribution in [0, 0.1) is 11.8 Å². The predicted molar refractivity (Wildman–Crippen MR) is 139 cm³/mol. The number of hydrogen-bond donors (Lipinski definition) is 4. The van der Waals surface area contributed by atoms with Gasteiger partial charge in [-0.15, -0.1) is 0 Å². The Hall–Kier alpha value is -3.50. The highest BCUT2D eigenvalue weighted by atomic mass is 16.5. The third-order valence-corrected chi connectivity index (χ3v) is 8.33. The van der Waals surface area contributed by atoms with Crippen LogP contribution in [-0.2, 0) is 19.1 Å². The second-order valence-corrected chi connectivity index (χ2v) is 10.9. The molecule has 0 saturated carbocycles. The largest absolute Gasteiger partial charge is 0.510 e. The maximum Gasteiger partial charge on any atom is 0.306 e. The Kier molecular flexibility index (Phi) is 7.48. The normalized spacial score (nSPS) is 30.2. The van der Waals surface area contributed by atoms with Crippen LogP contribution in [0.1, 0.15) is 68.3 Å². The quantitative estimate of drug-likeness (QED) is 0.229. The molecule has 10 nitrogen and oxygen atoms in total. The van der Waals surface area contributed by atoms with Gasteiger partial charge in [0, 0.05) is 17.9 Å². The van der Waals surface area contributed by atoms with Gasteiger partial charge >= 0.3 is 5.97 Å². The van der Waals surface area contributed by atoms with Crippen LogP contribution in [-0.4, -0.2) is 80.5 Å². The van der Waals surface area contributed by atoms with Crippen LogP contribution in [0.4, 0.5) is 0 Å². The molecule has 39 heavy (non-hydrogen) atoms. The smallest absolute Gasteiger partial charge is 0.306 e. The van der Waals surface area contributed by atoms with Crippen molar-refractivity contribution in [1.82, 2.24) is 4.90 Å². The lowest BCUT2D eigenvalue weighted by Crippen LogP contribution is -2.68. The molecule has 3 aliphatic rings. The average molecular weight is 542 g/mol. The fourth-order valence-corrected chi connectivity index (χ4v) is 6.53. The summed E-state index contributed by atoms with van der Waals surface area (Å²) >= 11 is 0. The van der Waals surface area contributed by atoms with Crippen molar-refractivity contribution in [2.75, 3.05) is 14.1 Å². The van der Waals surface area contributed by atoms with E-state index in [1.807, 2.05) is 6.92 Å². The van der Waals surface area contributed by atoms with Crippen molar-refractivity contribution < 1.29 is 44.3 Å². The first-order chi connectivity index (χ1) is 18.3. The van der Waals surface area contributed by atoms with Crippen LogP contribution in [0.15, 0.2) is 40.9 Å². The fourth-order valence-electron chi connectivity index (χ4n) is 6.53. The summed E-state index contributed by atoms with van der Waals surface area (Å²) in [5.41, 5.74) is -3.57. The highest BCUT2D eigenvalue weighted by molar-refractivity contribution is 6.25. The number of aliphatic hydroxyl groups is 3. The van der Waals surface area contributed by atoms with Crippen LogP contribution in [0.3, 0.4) is 0 Å². The number of nitrogens with zero attached hydrogens (tertiary/aromatic N) is 1. The Morgan fingerprint density at radius 3 is 2.36 bits per heavy atom. The summed E-state index contributed by atoms with van der Waals surface area (Å²) in [6.07, 6.45) is 0.869. The summed E-state index contributed by atoms with van der Waals surface area (Å²) in [4.78, 5) is 54.6. The SMILES string of the molecule is CCCCCC(=O)O[C@H]1[C@H]2C(=C(O)[C@]3(O)C(=O)C(C(C)=O)=C(O)[C@@H](N(C)C)[C@H]13)C(=O)c1c(O)cccc1[C@@H]2C. The summed E-state index contributed by atoms with van der Waals surface area (Å²) in [5.74, 6) is -8.57. The van der Waals surface area contributed by atoms with E-state index in [-0.39, 0.29) is 23.3 Å². The standard InChI is InChI=1S/C29H35NO9/c1-6-7-8-12-17(33)39-26-18-13(2)15-10-9-11-16(32)20(15)24(34)21(18)28(37)29(38)22(26)23(30(4)5)25(35)19(14(3)31)27(29)36/h9-11,13,18,22-23,26,32,35,37-38H,6-8,12H2,1-5H3/t13-,18+,22+,23-,26-,29+/m0/s1. The van der Waals surface area contributed by atoms with Crippen molar-refractivity contribution in [2.45, 2.75) is 70.1 Å². The number of phenolic OH excluding ortho intramolecular Hbond substituents is 1. The minimum absolute atomic E-state index is 0.0496. The average Bonchev–Trinajstić information content (AvgIpc) is 2.85. The van der Waals surface area contributed by atoms with Crippen LogP contribution >= 0.6 is 0 Å². The molecule has 0 fully saturated rings. The molecule has 6 atom stereocenters. The van der Waals surface area contributed by atoms with Crippen molar-refractivity contribution in [3.05, 3.63) is 52.0 Å². The molecule has 10 heteroatoms. The van der Waals surface area contributed by atoms with E-state index in [0.29, 0.717) is 12.0 Å². The molecule has 0 radical (unpaired) electrons. The molecule has 0 spiro atoms. The Balaban J connectivity index is 2.02. The summed E-state index contributed by atoms with van der Waals surface area (Å²) in [7, 11) is 3.10. The number of carbonyl (C=O) groups excluding carboxylic acids is 4. The fraction of sp³-hybridized carbons (Fsp3) is 0.517. The van der Waals surface area contributed by atoms with Gasteiger partial charge in [-0.3, -0.25) is 24.1 Å². The number of Topliss-reactive ketones (excluding diaryl/α,β-unsaturated/α-hetero) is 3. The Bertz CT molecular complexity index is 1310. The van der Waals surface area contributed by atoms with Crippen molar-refractivity contribution >= 4 is 23.3 Å². The van der Waals surface area contributed by atoms with Gasteiger partial charge in [0.1, 0.15) is 28.9 Å². The first-order valence-corrected chi connectivity index (χ1v) is 13.2. The highest BCUT2D eigenvalue weighted by Gasteiger charge is 2.68. The van der Waals surface area contributed by atoms with Crippen LogP contribution in [0.2, 0.25) is 0 Å². The van der Waals surface area contributed by atoms with Gasteiger partial charge < -0.3 is 25.2 Å². The van der Waals surface area contributed by atoms with E-state index in [0.717, 1.165) is 19.8 Å². The number of unbranched alkanes of at least 4 members (excludes halogenated alkanes) is 2. The van der Waals surface area contributed by atoms with E-state index in [4.69, 9.17) is 4.74 Å². The molecule has 4 rings (SSSR count). The van der Waals surface area contributed by atoms with E-state index < -0.39 is 75.9 Å². The highest BCUT2D eigenvalue weighted by Crippen LogP contribution is 2.56. The zero-order chi connectivity index (χ0) is 29.0. The molecule has 3 aliphatic carbocycles. The topological polar surface area (TPSA) is 162 Å². The van der Waals surface area contributed by atoms with Crippen molar-refractivity contribution in [1.29, 1.82) is 0 Å². The molecule has 0 bridgehead atoms. The molecule has 0 aromatic heterocycles. The van der Waals surface area contributed by atoms with E-state index in [2.05, 4.69) is 0 Å². The molecule has 1 aromatic rings. The van der Waals surface area contributed by atoms with Gasteiger partial charge in [-0.2, -0.15) is 0 Å².